The van der Waals surface area contributed by atoms with Gasteiger partial charge in [0.1, 0.15) is 12.4 Å². The summed E-state index contributed by atoms with van der Waals surface area (Å²) in [6, 6.07) is 7.98. The zero-order valence-electron chi connectivity index (χ0n) is 16.4. The lowest BCUT2D eigenvalue weighted by Gasteiger charge is -2.23. The molecule has 0 radical (unpaired) electrons. The standard InChI is InChI=1S/C23H29NO3S/c1-2-26-22(12-15-25)19-8-10-21(11-9-19)27-16-13-24-14-17-28-23(18-24)20-6-4-3-5-7-20/h3-4,6,8-11,14,17-18,22,25H,2,5,7,12-13,15-16H2,1H3. The van der Waals surface area contributed by atoms with Crippen molar-refractivity contribution in [2.24, 2.45) is 0 Å². The molecule has 1 heterocycles. The third-order valence-corrected chi connectivity index (χ3v) is 5.57. The summed E-state index contributed by atoms with van der Waals surface area (Å²) in [6.45, 7) is 4.14. The highest BCUT2D eigenvalue weighted by Crippen LogP contribution is 2.33. The number of aliphatic hydroxyl groups is 1. The monoisotopic (exact) mass is 399 g/mol. The number of benzene rings is 1. The maximum absolute atomic E-state index is 9.19. The fourth-order valence-electron chi connectivity index (χ4n) is 3.22. The molecular weight excluding hydrogens is 370 g/mol. The Morgan fingerprint density at radius 3 is 2.82 bits per heavy atom. The first kappa shape index (κ1) is 20.8. The number of hydrogen-bond donors (Lipinski definition) is 1. The summed E-state index contributed by atoms with van der Waals surface area (Å²) in [4.78, 5) is 3.51. The molecule has 150 valence electrons. The second-order valence-electron chi connectivity index (χ2n) is 6.67. The predicted octanol–water partition coefficient (Wildman–Crippen LogP) is 5.16. The Hall–Kier alpha value is -1.95. The quantitative estimate of drug-likeness (QED) is 0.588. The molecule has 0 fully saturated rings. The predicted molar refractivity (Wildman–Crippen MR) is 116 cm³/mol. The van der Waals surface area contributed by atoms with Gasteiger partial charge in [-0.2, -0.15) is 0 Å². The van der Waals surface area contributed by atoms with E-state index in [1.54, 1.807) is 11.8 Å². The molecule has 0 saturated carbocycles. The molecule has 2 aliphatic rings. The second-order valence-corrected chi connectivity index (χ2v) is 7.61. The number of thioether (sulfide) groups is 1. The molecule has 1 aliphatic heterocycles. The minimum atomic E-state index is -0.0625. The highest BCUT2D eigenvalue weighted by Gasteiger charge is 2.12. The first-order valence-corrected chi connectivity index (χ1v) is 10.8. The molecule has 4 nitrogen and oxygen atoms in total. The summed E-state index contributed by atoms with van der Waals surface area (Å²) in [6.07, 6.45) is 13.7. The van der Waals surface area contributed by atoms with Crippen LogP contribution in [0.5, 0.6) is 5.75 Å². The minimum Gasteiger partial charge on any atom is -0.492 e. The van der Waals surface area contributed by atoms with Crippen LogP contribution in [0.2, 0.25) is 0 Å². The summed E-state index contributed by atoms with van der Waals surface area (Å²) in [5, 5.41) is 11.3. The highest BCUT2D eigenvalue weighted by atomic mass is 32.2. The zero-order chi connectivity index (χ0) is 19.6. The maximum Gasteiger partial charge on any atom is 0.119 e. The van der Waals surface area contributed by atoms with Crippen molar-refractivity contribution in [1.29, 1.82) is 0 Å². The van der Waals surface area contributed by atoms with Crippen LogP contribution in [0.25, 0.3) is 0 Å². The van der Waals surface area contributed by atoms with Crippen LogP contribution < -0.4 is 4.74 Å². The molecular formula is C23H29NO3S. The normalized spacial score (nSPS) is 17.3. The zero-order valence-corrected chi connectivity index (χ0v) is 17.2. The largest absolute Gasteiger partial charge is 0.492 e. The van der Waals surface area contributed by atoms with Crippen LogP contribution in [0.3, 0.4) is 0 Å². The number of nitrogens with zero attached hydrogens (tertiary/aromatic N) is 1. The van der Waals surface area contributed by atoms with Gasteiger partial charge >= 0.3 is 0 Å². The molecule has 0 aromatic heterocycles. The minimum absolute atomic E-state index is 0.0625. The molecule has 28 heavy (non-hydrogen) atoms. The molecule has 1 atom stereocenters. The molecule has 0 saturated heterocycles. The Morgan fingerprint density at radius 1 is 1.25 bits per heavy atom. The van der Waals surface area contributed by atoms with E-state index in [0.717, 1.165) is 30.7 Å². The van der Waals surface area contributed by atoms with E-state index in [0.29, 0.717) is 19.6 Å². The number of aliphatic hydroxyl groups excluding tert-OH is 1. The molecule has 0 spiro atoms. The van der Waals surface area contributed by atoms with Gasteiger partial charge in [0, 0.05) is 36.9 Å². The smallest absolute Gasteiger partial charge is 0.119 e. The van der Waals surface area contributed by atoms with Gasteiger partial charge in [-0.1, -0.05) is 42.1 Å². The molecule has 3 rings (SSSR count). The van der Waals surface area contributed by atoms with E-state index in [1.165, 1.54) is 10.5 Å². The van der Waals surface area contributed by atoms with Crippen molar-refractivity contribution in [3.05, 3.63) is 76.3 Å². The van der Waals surface area contributed by atoms with Crippen molar-refractivity contribution in [1.82, 2.24) is 4.90 Å². The Morgan fingerprint density at radius 2 is 2.11 bits per heavy atom. The maximum atomic E-state index is 9.19. The van der Waals surface area contributed by atoms with Crippen LogP contribution in [0.1, 0.15) is 37.9 Å². The van der Waals surface area contributed by atoms with Gasteiger partial charge in [0.05, 0.1) is 12.6 Å². The summed E-state index contributed by atoms with van der Waals surface area (Å²) in [5.74, 6) is 0.850. The van der Waals surface area contributed by atoms with Gasteiger partial charge in [0.15, 0.2) is 0 Å². The highest BCUT2D eigenvalue weighted by molar-refractivity contribution is 8.06. The van der Waals surface area contributed by atoms with Crippen molar-refractivity contribution in [3.8, 4) is 5.75 Å². The molecule has 1 aromatic carbocycles. The van der Waals surface area contributed by atoms with E-state index < -0.39 is 0 Å². The van der Waals surface area contributed by atoms with Crippen molar-refractivity contribution >= 4 is 11.8 Å². The van der Waals surface area contributed by atoms with E-state index in [2.05, 4.69) is 40.9 Å². The molecule has 1 N–H and O–H groups in total. The van der Waals surface area contributed by atoms with Gasteiger partial charge in [-0.25, -0.2) is 0 Å². The van der Waals surface area contributed by atoms with Crippen LogP contribution in [0, 0.1) is 0 Å². The molecule has 1 aliphatic carbocycles. The lowest BCUT2D eigenvalue weighted by atomic mass is 10.1. The van der Waals surface area contributed by atoms with Crippen molar-refractivity contribution in [3.63, 3.8) is 0 Å². The number of hydrogen-bond acceptors (Lipinski definition) is 5. The number of ether oxygens (including phenoxy) is 2. The first-order chi connectivity index (χ1) is 13.8. The summed E-state index contributed by atoms with van der Waals surface area (Å²) in [7, 11) is 0. The van der Waals surface area contributed by atoms with Gasteiger partial charge in [0.25, 0.3) is 0 Å². The third kappa shape index (κ3) is 6.03. The molecule has 1 unspecified atom stereocenters. The average Bonchev–Trinajstić information content (AvgIpc) is 2.75. The third-order valence-electron chi connectivity index (χ3n) is 4.69. The molecule has 1 aromatic rings. The van der Waals surface area contributed by atoms with Gasteiger partial charge < -0.3 is 19.5 Å². The van der Waals surface area contributed by atoms with E-state index in [1.807, 2.05) is 31.2 Å². The van der Waals surface area contributed by atoms with Crippen LogP contribution in [-0.4, -0.2) is 36.4 Å². The first-order valence-electron chi connectivity index (χ1n) is 9.92. The van der Waals surface area contributed by atoms with Crippen molar-refractivity contribution in [2.45, 2.75) is 32.3 Å². The summed E-state index contributed by atoms with van der Waals surface area (Å²) < 4.78 is 11.6. The van der Waals surface area contributed by atoms with Gasteiger partial charge in [-0.05, 0) is 48.4 Å². The lowest BCUT2D eigenvalue weighted by Crippen LogP contribution is -2.20. The lowest BCUT2D eigenvalue weighted by molar-refractivity contribution is 0.0432. The number of allylic oxidation sites excluding steroid dienone is 4. The van der Waals surface area contributed by atoms with E-state index >= 15 is 0 Å². The Kier molecular flexibility index (Phi) is 8.27. The summed E-state index contributed by atoms with van der Waals surface area (Å²) >= 11 is 1.78. The van der Waals surface area contributed by atoms with E-state index in [-0.39, 0.29) is 12.7 Å². The second kappa shape index (κ2) is 11.1. The average molecular weight is 400 g/mol. The Balaban J connectivity index is 1.50. The van der Waals surface area contributed by atoms with Crippen LogP contribution in [-0.2, 0) is 4.74 Å². The molecule has 5 heteroatoms. The molecule has 0 bridgehead atoms. The Labute approximate surface area is 172 Å². The van der Waals surface area contributed by atoms with Gasteiger partial charge in [-0.3, -0.25) is 0 Å². The topological polar surface area (TPSA) is 41.9 Å². The fourth-order valence-corrected chi connectivity index (χ4v) is 4.11. The fraction of sp³-hybridized carbons (Fsp3) is 0.391. The summed E-state index contributed by atoms with van der Waals surface area (Å²) in [5.41, 5.74) is 2.48. The van der Waals surface area contributed by atoms with E-state index in [4.69, 9.17) is 9.47 Å². The van der Waals surface area contributed by atoms with Gasteiger partial charge in [0.2, 0.25) is 0 Å². The van der Waals surface area contributed by atoms with Gasteiger partial charge in [-0.15, -0.1) is 0 Å². The van der Waals surface area contributed by atoms with E-state index in [9.17, 15) is 5.11 Å². The van der Waals surface area contributed by atoms with Crippen molar-refractivity contribution in [2.75, 3.05) is 26.4 Å². The van der Waals surface area contributed by atoms with Crippen LogP contribution in [0.4, 0.5) is 0 Å². The Bertz CT molecular complexity index is 731. The molecule has 0 amide bonds. The number of rotatable bonds is 10. The van der Waals surface area contributed by atoms with Crippen LogP contribution >= 0.6 is 11.8 Å². The van der Waals surface area contributed by atoms with Crippen LogP contribution in [0.15, 0.2) is 70.8 Å². The van der Waals surface area contributed by atoms with Crippen molar-refractivity contribution < 1.29 is 14.6 Å². The SMILES string of the molecule is CCOC(CCO)c1ccc(OCCN2C=CSC(C3=CC=CCC3)=C2)cc1.